The lowest BCUT2D eigenvalue weighted by Gasteiger charge is -2.13. The van der Waals surface area contributed by atoms with Gasteiger partial charge in [0, 0.05) is 43.1 Å². The molecule has 0 aliphatic carbocycles. The maximum Gasteiger partial charge on any atom is 0.255 e. The first-order valence-corrected chi connectivity index (χ1v) is 11.2. The van der Waals surface area contributed by atoms with Crippen LogP contribution >= 0.6 is 32.0 Å². The van der Waals surface area contributed by atoms with E-state index in [4.69, 9.17) is 13.3 Å². The second-order valence-electron chi connectivity index (χ2n) is 7.08. The van der Waals surface area contributed by atoms with Crippen molar-refractivity contribution in [3.05, 3.63) is 54.4 Å². The predicted molar refractivity (Wildman–Crippen MR) is 134 cm³/mol. The van der Waals surface area contributed by atoms with Gasteiger partial charge < -0.3 is 15.4 Å². The smallest absolute Gasteiger partial charge is 0.255 e. The molecule has 0 spiro atoms. The molecular formula is C21H20IN6O3P. The summed E-state index contributed by atoms with van der Waals surface area (Å²) in [5.41, 5.74) is 10.5. The van der Waals surface area contributed by atoms with Crippen LogP contribution in [-0.2, 0) is 2.85 Å². The Morgan fingerprint density at radius 2 is 1.97 bits per heavy atom. The van der Waals surface area contributed by atoms with Crippen LogP contribution in [0.5, 0.6) is 5.75 Å². The second kappa shape index (κ2) is 9.35. The summed E-state index contributed by atoms with van der Waals surface area (Å²) in [7, 11) is 4.93. The zero-order valence-electron chi connectivity index (χ0n) is 17.5. The number of rotatable bonds is 6. The number of hydrogen-bond acceptors (Lipinski definition) is 7. The number of benzene rings is 1. The number of amides is 1. The van der Waals surface area contributed by atoms with E-state index in [9.17, 15) is 4.79 Å². The van der Waals surface area contributed by atoms with Gasteiger partial charge in [0.05, 0.1) is 12.7 Å². The van der Waals surface area contributed by atoms with E-state index < -0.39 is 0 Å². The molecule has 0 bridgehead atoms. The van der Waals surface area contributed by atoms with Crippen molar-refractivity contribution in [2.45, 2.75) is 0 Å². The average Bonchev–Trinajstić information content (AvgIpc) is 3.16. The zero-order valence-corrected chi connectivity index (χ0v) is 20.7. The van der Waals surface area contributed by atoms with Crippen molar-refractivity contribution in [3.63, 3.8) is 0 Å². The molecule has 3 aromatic heterocycles. The number of pyridine rings is 2. The molecule has 1 atom stereocenters. The van der Waals surface area contributed by atoms with Crippen LogP contribution in [0.15, 0.2) is 48.8 Å². The summed E-state index contributed by atoms with van der Waals surface area (Å²) < 4.78 is 12.5. The molecule has 0 radical (unpaired) electrons. The Morgan fingerprint density at radius 1 is 1.16 bits per heavy atom. The lowest BCUT2D eigenvalue weighted by molar-refractivity contribution is 0.0828. The molecule has 9 nitrogen and oxygen atoms in total. The normalized spacial score (nSPS) is 11.4. The molecule has 32 heavy (non-hydrogen) atoms. The van der Waals surface area contributed by atoms with Gasteiger partial charge in [-0.25, -0.2) is 9.44 Å². The van der Waals surface area contributed by atoms with Gasteiger partial charge in [0.15, 0.2) is 14.6 Å². The van der Waals surface area contributed by atoms with Crippen molar-refractivity contribution < 1.29 is 12.4 Å². The zero-order chi connectivity index (χ0) is 22.8. The Morgan fingerprint density at radius 3 is 2.69 bits per heavy atom. The SMILES string of the molecule is COc1cccnc1-c1nn(POI)c2ncc(-c3ccc(N)c(C(=O)N(C)C)c3)cc12. The molecule has 4 aromatic rings. The maximum absolute atomic E-state index is 12.5. The standard InChI is InChI=1S/C21H20IN6O3P/c1-27(2)21(29)14-9-12(6-7-16(14)23)13-10-15-18(19-17(30-3)5-4-8-24-19)26-28(32-31-22)20(15)25-11-13/h4-11,32H,23H2,1-3H3. The minimum Gasteiger partial charge on any atom is -0.494 e. The van der Waals surface area contributed by atoms with E-state index in [0.717, 1.165) is 16.5 Å². The van der Waals surface area contributed by atoms with E-state index in [1.165, 1.54) is 4.90 Å². The summed E-state index contributed by atoms with van der Waals surface area (Å²) in [4.78, 5) is 23.1. The Labute approximate surface area is 200 Å². The molecule has 2 N–H and O–H groups in total. The highest BCUT2D eigenvalue weighted by atomic mass is 127. The molecule has 164 valence electrons. The third kappa shape index (κ3) is 4.13. The fourth-order valence-electron chi connectivity index (χ4n) is 3.33. The van der Waals surface area contributed by atoms with Gasteiger partial charge in [0.2, 0.25) is 0 Å². The molecule has 0 aliphatic rings. The van der Waals surface area contributed by atoms with Crippen LogP contribution in [0.4, 0.5) is 5.69 Å². The average molecular weight is 562 g/mol. The minimum atomic E-state index is -0.162. The summed E-state index contributed by atoms with van der Waals surface area (Å²) in [6, 6.07) is 11.0. The fraction of sp³-hybridized carbons (Fsp3) is 0.143. The van der Waals surface area contributed by atoms with Crippen LogP contribution in [0.2, 0.25) is 0 Å². The number of fused-ring (bicyclic) bond motifs is 1. The van der Waals surface area contributed by atoms with Crippen LogP contribution in [-0.4, -0.2) is 51.5 Å². The summed E-state index contributed by atoms with van der Waals surface area (Å²) >= 11 is 1.83. The topological polar surface area (TPSA) is 108 Å². The summed E-state index contributed by atoms with van der Waals surface area (Å²) in [6.45, 7) is 0. The number of nitrogens with zero attached hydrogens (tertiary/aromatic N) is 5. The molecule has 1 aromatic carbocycles. The molecule has 4 rings (SSSR count). The maximum atomic E-state index is 12.5. The fourth-order valence-corrected chi connectivity index (χ4v) is 4.36. The summed E-state index contributed by atoms with van der Waals surface area (Å²) in [5.74, 6) is 0.444. The highest BCUT2D eigenvalue weighted by Gasteiger charge is 2.20. The molecule has 1 unspecified atom stereocenters. The predicted octanol–water partition coefficient (Wildman–Crippen LogP) is 4.18. The van der Waals surface area contributed by atoms with E-state index in [1.54, 1.807) is 56.3 Å². The number of ether oxygens (including phenoxy) is 1. The van der Waals surface area contributed by atoms with Gasteiger partial charge in [0.1, 0.15) is 40.1 Å². The molecule has 0 aliphatic heterocycles. The summed E-state index contributed by atoms with van der Waals surface area (Å²) in [6.07, 6.45) is 3.43. The number of nitrogen functional groups attached to an aromatic ring is 1. The largest absolute Gasteiger partial charge is 0.494 e. The van der Waals surface area contributed by atoms with Crippen molar-refractivity contribution in [1.82, 2.24) is 24.4 Å². The first-order chi connectivity index (χ1) is 15.4. The number of hydrogen-bond donors (Lipinski definition) is 1. The van der Waals surface area contributed by atoms with Gasteiger partial charge in [-0.05, 0) is 35.9 Å². The molecule has 0 saturated carbocycles. The van der Waals surface area contributed by atoms with Gasteiger partial charge in [0.25, 0.3) is 5.91 Å². The Hall–Kier alpha value is -2.82. The van der Waals surface area contributed by atoms with Gasteiger partial charge in [-0.1, -0.05) is 6.07 Å². The molecule has 0 fully saturated rings. The number of halogens is 1. The quantitative estimate of drug-likeness (QED) is 0.214. The molecule has 11 heteroatoms. The Bertz CT molecular complexity index is 1310. The third-order valence-electron chi connectivity index (χ3n) is 4.88. The number of methoxy groups -OCH3 is 1. The molecule has 0 saturated heterocycles. The Kier molecular flexibility index (Phi) is 6.54. The van der Waals surface area contributed by atoms with E-state index in [1.807, 2.05) is 41.2 Å². The number of carbonyl (C=O) groups is 1. The van der Waals surface area contributed by atoms with Crippen LogP contribution in [0.25, 0.3) is 33.5 Å². The van der Waals surface area contributed by atoms with E-state index >= 15 is 0 Å². The van der Waals surface area contributed by atoms with Crippen LogP contribution in [0.3, 0.4) is 0 Å². The van der Waals surface area contributed by atoms with Crippen molar-refractivity contribution in [1.29, 1.82) is 0 Å². The number of nitrogens with two attached hydrogens (primary N) is 1. The highest BCUT2D eigenvalue weighted by Crippen LogP contribution is 2.37. The Balaban J connectivity index is 1.91. The van der Waals surface area contributed by atoms with Gasteiger partial charge in [-0.3, -0.25) is 12.6 Å². The lowest BCUT2D eigenvalue weighted by atomic mass is 10.0. The number of anilines is 1. The van der Waals surface area contributed by atoms with Crippen LogP contribution in [0, 0.1) is 0 Å². The minimum absolute atomic E-state index is 0.0483. The highest BCUT2D eigenvalue weighted by molar-refractivity contribution is 14.1. The monoisotopic (exact) mass is 562 g/mol. The van der Waals surface area contributed by atoms with E-state index in [0.29, 0.717) is 34.0 Å². The van der Waals surface area contributed by atoms with Gasteiger partial charge in [-0.15, -0.1) is 0 Å². The summed E-state index contributed by atoms with van der Waals surface area (Å²) in [5, 5.41) is 5.48. The van der Waals surface area contributed by atoms with Crippen molar-refractivity contribution in [3.8, 4) is 28.3 Å². The van der Waals surface area contributed by atoms with E-state index in [2.05, 4.69) is 15.1 Å². The second-order valence-corrected chi connectivity index (χ2v) is 9.16. The van der Waals surface area contributed by atoms with Crippen molar-refractivity contribution in [2.24, 2.45) is 0 Å². The van der Waals surface area contributed by atoms with Crippen molar-refractivity contribution >= 4 is 54.6 Å². The first-order valence-electron chi connectivity index (χ1n) is 9.48. The van der Waals surface area contributed by atoms with Crippen LogP contribution in [0.1, 0.15) is 10.4 Å². The number of carbonyl (C=O) groups excluding carboxylic acids is 1. The van der Waals surface area contributed by atoms with Gasteiger partial charge >= 0.3 is 0 Å². The first kappa shape index (κ1) is 22.4. The van der Waals surface area contributed by atoms with Gasteiger partial charge in [-0.2, -0.15) is 5.10 Å². The molecule has 3 heterocycles. The number of aromatic nitrogens is 4. The van der Waals surface area contributed by atoms with Crippen molar-refractivity contribution in [2.75, 3.05) is 26.9 Å². The molecule has 1 amide bonds. The molecular weight excluding hydrogens is 542 g/mol. The lowest BCUT2D eigenvalue weighted by Crippen LogP contribution is -2.22. The third-order valence-corrected chi connectivity index (χ3v) is 6.03. The van der Waals surface area contributed by atoms with E-state index in [-0.39, 0.29) is 14.9 Å². The van der Waals surface area contributed by atoms with Crippen LogP contribution < -0.4 is 10.5 Å².